The SMILES string of the molecule is CC(C)C[C@H](N)C(=O)NCCCC(=O)Nc1ccc(Cl)cc1.Cl. The van der Waals surface area contributed by atoms with E-state index in [-0.39, 0.29) is 24.2 Å². The summed E-state index contributed by atoms with van der Waals surface area (Å²) < 4.78 is 0. The molecule has 0 bridgehead atoms. The molecule has 2 amide bonds. The number of carbonyl (C=O) groups is 2. The zero-order valence-electron chi connectivity index (χ0n) is 13.5. The normalized spacial score (nSPS) is 11.5. The largest absolute Gasteiger partial charge is 0.355 e. The van der Waals surface area contributed by atoms with Crippen molar-refractivity contribution in [3.05, 3.63) is 29.3 Å². The number of hydrogen-bond acceptors (Lipinski definition) is 3. The van der Waals surface area contributed by atoms with Crippen LogP contribution in [0.3, 0.4) is 0 Å². The summed E-state index contributed by atoms with van der Waals surface area (Å²) in [5, 5.41) is 6.15. The summed E-state index contributed by atoms with van der Waals surface area (Å²) in [5.74, 6) is 0.126. The fraction of sp³-hybridized carbons (Fsp3) is 0.500. The van der Waals surface area contributed by atoms with Crippen LogP contribution in [0.4, 0.5) is 5.69 Å². The summed E-state index contributed by atoms with van der Waals surface area (Å²) in [7, 11) is 0. The van der Waals surface area contributed by atoms with Gasteiger partial charge in [-0.15, -0.1) is 12.4 Å². The Morgan fingerprint density at radius 2 is 1.83 bits per heavy atom. The molecule has 1 rings (SSSR count). The molecule has 0 aliphatic rings. The monoisotopic (exact) mass is 361 g/mol. The Bertz CT molecular complexity index is 493. The maximum atomic E-state index is 11.7. The van der Waals surface area contributed by atoms with E-state index in [9.17, 15) is 9.59 Å². The van der Waals surface area contributed by atoms with E-state index in [1.807, 2.05) is 13.8 Å². The van der Waals surface area contributed by atoms with Crippen LogP contribution in [0.5, 0.6) is 0 Å². The number of nitrogens with one attached hydrogen (secondary N) is 2. The number of nitrogens with two attached hydrogens (primary N) is 1. The Morgan fingerprint density at radius 1 is 1.22 bits per heavy atom. The molecule has 0 saturated carbocycles. The van der Waals surface area contributed by atoms with E-state index in [2.05, 4.69) is 10.6 Å². The topological polar surface area (TPSA) is 84.2 Å². The van der Waals surface area contributed by atoms with Crippen molar-refractivity contribution in [2.45, 2.75) is 39.2 Å². The molecule has 4 N–H and O–H groups in total. The van der Waals surface area contributed by atoms with Crippen LogP contribution in [0.15, 0.2) is 24.3 Å². The fourth-order valence-electron chi connectivity index (χ4n) is 1.96. The third-order valence-corrected chi connectivity index (χ3v) is 3.32. The van der Waals surface area contributed by atoms with E-state index in [1.165, 1.54) is 0 Å². The second-order valence-electron chi connectivity index (χ2n) is 5.69. The molecule has 1 aromatic carbocycles. The smallest absolute Gasteiger partial charge is 0.236 e. The zero-order chi connectivity index (χ0) is 16.5. The Labute approximate surface area is 148 Å². The average Bonchev–Trinajstić information content (AvgIpc) is 2.45. The van der Waals surface area contributed by atoms with E-state index < -0.39 is 6.04 Å². The predicted molar refractivity (Wildman–Crippen MR) is 97.0 cm³/mol. The van der Waals surface area contributed by atoms with Crippen molar-refractivity contribution >= 4 is 41.5 Å². The van der Waals surface area contributed by atoms with Gasteiger partial charge < -0.3 is 16.4 Å². The maximum absolute atomic E-state index is 11.7. The molecular weight excluding hydrogens is 337 g/mol. The molecule has 0 spiro atoms. The molecule has 130 valence electrons. The summed E-state index contributed by atoms with van der Waals surface area (Å²) in [5.41, 5.74) is 6.48. The first-order chi connectivity index (χ1) is 10.4. The number of carbonyl (C=O) groups excluding carboxylic acids is 2. The lowest BCUT2D eigenvalue weighted by Gasteiger charge is -2.14. The lowest BCUT2D eigenvalue weighted by atomic mass is 10.0. The van der Waals surface area contributed by atoms with Gasteiger partial charge in [-0.05, 0) is 43.0 Å². The van der Waals surface area contributed by atoms with Gasteiger partial charge in [0.1, 0.15) is 0 Å². The first-order valence-electron chi connectivity index (χ1n) is 7.47. The first-order valence-corrected chi connectivity index (χ1v) is 7.85. The molecule has 0 unspecified atom stereocenters. The number of amides is 2. The van der Waals surface area contributed by atoms with E-state index in [4.69, 9.17) is 17.3 Å². The average molecular weight is 362 g/mol. The van der Waals surface area contributed by atoms with Gasteiger partial charge in [-0.25, -0.2) is 0 Å². The maximum Gasteiger partial charge on any atom is 0.236 e. The minimum Gasteiger partial charge on any atom is -0.355 e. The molecule has 23 heavy (non-hydrogen) atoms. The summed E-state index contributed by atoms with van der Waals surface area (Å²) in [4.78, 5) is 23.4. The van der Waals surface area contributed by atoms with Gasteiger partial charge in [-0.3, -0.25) is 9.59 Å². The second-order valence-corrected chi connectivity index (χ2v) is 6.12. The Balaban J connectivity index is 0.00000484. The van der Waals surface area contributed by atoms with Gasteiger partial charge in [0.15, 0.2) is 0 Å². The molecule has 0 radical (unpaired) electrons. The minimum absolute atomic E-state index is 0. The van der Waals surface area contributed by atoms with E-state index in [0.717, 1.165) is 0 Å². The van der Waals surface area contributed by atoms with Gasteiger partial charge in [-0.1, -0.05) is 25.4 Å². The summed E-state index contributed by atoms with van der Waals surface area (Å²) in [6.45, 7) is 4.49. The van der Waals surface area contributed by atoms with Gasteiger partial charge in [0.25, 0.3) is 0 Å². The van der Waals surface area contributed by atoms with Crippen molar-refractivity contribution in [1.29, 1.82) is 0 Å². The first kappa shape index (κ1) is 21.7. The molecule has 1 atom stereocenters. The lowest BCUT2D eigenvalue weighted by molar-refractivity contribution is -0.123. The van der Waals surface area contributed by atoms with E-state index >= 15 is 0 Å². The quantitative estimate of drug-likeness (QED) is 0.622. The molecule has 0 aromatic heterocycles. The molecule has 0 fully saturated rings. The molecular formula is C16H25Cl2N3O2. The number of anilines is 1. The van der Waals surface area contributed by atoms with Gasteiger partial charge in [0.05, 0.1) is 6.04 Å². The van der Waals surface area contributed by atoms with Crippen molar-refractivity contribution in [2.75, 3.05) is 11.9 Å². The predicted octanol–water partition coefficient (Wildman–Crippen LogP) is 2.97. The third-order valence-electron chi connectivity index (χ3n) is 3.07. The van der Waals surface area contributed by atoms with Crippen molar-refractivity contribution in [3.8, 4) is 0 Å². The highest BCUT2D eigenvalue weighted by molar-refractivity contribution is 6.30. The standard InChI is InChI=1S/C16H24ClN3O2.ClH/c1-11(2)10-14(18)16(22)19-9-3-4-15(21)20-13-7-5-12(17)6-8-13;/h5-8,11,14H,3-4,9-10,18H2,1-2H3,(H,19,22)(H,20,21);1H/t14-;/m0./s1. The fourth-order valence-corrected chi connectivity index (χ4v) is 2.09. The van der Waals surface area contributed by atoms with Crippen molar-refractivity contribution in [1.82, 2.24) is 5.32 Å². The highest BCUT2D eigenvalue weighted by atomic mass is 35.5. The highest BCUT2D eigenvalue weighted by Crippen LogP contribution is 2.13. The minimum atomic E-state index is -0.483. The van der Waals surface area contributed by atoms with Crippen molar-refractivity contribution in [3.63, 3.8) is 0 Å². The van der Waals surface area contributed by atoms with Crippen molar-refractivity contribution < 1.29 is 9.59 Å². The number of halogens is 2. The van der Waals surface area contributed by atoms with Crippen LogP contribution >= 0.6 is 24.0 Å². The van der Waals surface area contributed by atoms with Crippen molar-refractivity contribution in [2.24, 2.45) is 11.7 Å². The molecule has 0 aliphatic carbocycles. The molecule has 0 saturated heterocycles. The lowest BCUT2D eigenvalue weighted by Crippen LogP contribution is -2.41. The number of hydrogen-bond donors (Lipinski definition) is 3. The summed E-state index contributed by atoms with van der Waals surface area (Å²) in [6, 6.07) is 6.43. The molecule has 7 heteroatoms. The van der Waals surface area contributed by atoms with Gasteiger partial charge in [0, 0.05) is 23.7 Å². The zero-order valence-corrected chi connectivity index (χ0v) is 15.0. The second kappa shape index (κ2) is 11.3. The Hall–Kier alpha value is -1.30. The molecule has 5 nitrogen and oxygen atoms in total. The number of rotatable bonds is 8. The van der Waals surface area contributed by atoms with Gasteiger partial charge >= 0.3 is 0 Å². The van der Waals surface area contributed by atoms with E-state index in [1.54, 1.807) is 24.3 Å². The molecule has 1 aromatic rings. The van der Waals surface area contributed by atoms with Crippen LogP contribution < -0.4 is 16.4 Å². The number of benzene rings is 1. The van der Waals surface area contributed by atoms with Crippen LogP contribution in [-0.4, -0.2) is 24.4 Å². The van der Waals surface area contributed by atoms with Crippen LogP contribution in [-0.2, 0) is 9.59 Å². The van der Waals surface area contributed by atoms with Crippen LogP contribution in [0.2, 0.25) is 5.02 Å². The summed E-state index contributed by atoms with van der Waals surface area (Å²) in [6.07, 6.45) is 1.56. The Morgan fingerprint density at radius 3 is 2.39 bits per heavy atom. The summed E-state index contributed by atoms with van der Waals surface area (Å²) >= 11 is 5.77. The molecule has 0 aliphatic heterocycles. The Kier molecular flexibility index (Phi) is 10.6. The van der Waals surface area contributed by atoms with E-state index in [0.29, 0.717) is 42.4 Å². The van der Waals surface area contributed by atoms with Crippen LogP contribution in [0.25, 0.3) is 0 Å². The van der Waals surface area contributed by atoms with Gasteiger partial charge in [-0.2, -0.15) is 0 Å². The van der Waals surface area contributed by atoms with Crippen LogP contribution in [0, 0.1) is 5.92 Å². The molecule has 0 heterocycles. The van der Waals surface area contributed by atoms with Gasteiger partial charge in [0.2, 0.25) is 11.8 Å². The highest BCUT2D eigenvalue weighted by Gasteiger charge is 2.14. The third kappa shape index (κ3) is 9.43. The van der Waals surface area contributed by atoms with Crippen LogP contribution in [0.1, 0.15) is 33.1 Å².